The second-order valence-electron chi connectivity index (χ2n) is 4.54. The zero-order chi connectivity index (χ0) is 10.2. The fraction of sp³-hybridized carbons (Fsp3) is 0.846. The highest BCUT2D eigenvalue weighted by molar-refractivity contribution is 5.03. The molecule has 0 aromatic heterocycles. The van der Waals surface area contributed by atoms with Crippen LogP contribution in [0.15, 0.2) is 11.6 Å². The van der Waals surface area contributed by atoms with E-state index in [2.05, 4.69) is 25.2 Å². The minimum absolute atomic E-state index is 0.871. The maximum Gasteiger partial charge on any atom is 0.0161 e. The van der Waals surface area contributed by atoms with Crippen molar-refractivity contribution in [2.75, 3.05) is 13.1 Å². The van der Waals surface area contributed by atoms with Crippen molar-refractivity contribution in [1.82, 2.24) is 5.32 Å². The third kappa shape index (κ3) is 4.80. The van der Waals surface area contributed by atoms with Crippen LogP contribution < -0.4 is 5.32 Å². The smallest absolute Gasteiger partial charge is 0.0161 e. The summed E-state index contributed by atoms with van der Waals surface area (Å²) >= 11 is 0. The Bertz CT molecular complexity index is 164. The number of allylic oxidation sites excluding steroid dienone is 1. The van der Waals surface area contributed by atoms with Crippen LogP contribution in [0.4, 0.5) is 0 Å². The molecular weight excluding hydrogens is 170 g/mol. The molecule has 1 rings (SSSR count). The van der Waals surface area contributed by atoms with Gasteiger partial charge in [-0.2, -0.15) is 0 Å². The molecule has 14 heavy (non-hydrogen) atoms. The Hall–Kier alpha value is -0.300. The predicted octanol–water partition coefficient (Wildman–Crippen LogP) is 3.51. The first-order valence-corrected chi connectivity index (χ1v) is 6.21. The molecule has 0 bridgehead atoms. The average molecular weight is 195 g/mol. The lowest BCUT2D eigenvalue weighted by molar-refractivity contribution is 0.554. The molecule has 82 valence electrons. The lowest BCUT2D eigenvalue weighted by Gasteiger charge is -2.10. The van der Waals surface area contributed by atoms with E-state index in [1.165, 1.54) is 44.1 Å². The molecule has 1 saturated carbocycles. The monoisotopic (exact) mass is 195 g/mol. The predicted molar refractivity (Wildman–Crippen MR) is 63.5 cm³/mol. The molecule has 1 nitrogen and oxygen atoms in total. The Balaban J connectivity index is 2.31. The van der Waals surface area contributed by atoms with Gasteiger partial charge in [-0.3, -0.25) is 0 Å². The molecule has 0 aromatic carbocycles. The van der Waals surface area contributed by atoms with E-state index in [4.69, 9.17) is 0 Å². The fourth-order valence-electron chi connectivity index (χ4n) is 2.26. The van der Waals surface area contributed by atoms with Crippen LogP contribution in [0.3, 0.4) is 0 Å². The normalized spacial score (nSPS) is 20.9. The van der Waals surface area contributed by atoms with E-state index in [9.17, 15) is 0 Å². The lowest BCUT2D eigenvalue weighted by Crippen LogP contribution is -2.15. The quantitative estimate of drug-likeness (QED) is 0.534. The number of hydrogen-bond acceptors (Lipinski definition) is 1. The second kappa shape index (κ2) is 7.05. The maximum absolute atomic E-state index is 3.38. The molecule has 1 heteroatoms. The standard InChI is InChI=1S/C13H25N/c1-3-14-11-12(2)10-13-8-6-4-5-7-9-13/h10,13-14H,3-9,11H2,1-2H3. The molecule has 0 aromatic rings. The van der Waals surface area contributed by atoms with Crippen molar-refractivity contribution in [1.29, 1.82) is 0 Å². The summed E-state index contributed by atoms with van der Waals surface area (Å²) in [6, 6.07) is 0. The van der Waals surface area contributed by atoms with Crippen LogP contribution in [0.25, 0.3) is 0 Å². The highest BCUT2D eigenvalue weighted by Gasteiger charge is 2.09. The fourth-order valence-corrected chi connectivity index (χ4v) is 2.26. The second-order valence-corrected chi connectivity index (χ2v) is 4.54. The van der Waals surface area contributed by atoms with Crippen LogP contribution in [-0.2, 0) is 0 Å². The summed E-state index contributed by atoms with van der Waals surface area (Å²) in [6.07, 6.45) is 11.1. The van der Waals surface area contributed by atoms with Gasteiger partial charge in [-0.05, 0) is 32.2 Å². The number of hydrogen-bond donors (Lipinski definition) is 1. The Morgan fingerprint density at radius 2 is 1.86 bits per heavy atom. The average Bonchev–Trinajstić information content (AvgIpc) is 2.43. The van der Waals surface area contributed by atoms with E-state index >= 15 is 0 Å². The van der Waals surface area contributed by atoms with Gasteiger partial charge in [0.15, 0.2) is 0 Å². The number of likely N-dealkylation sites (N-methyl/N-ethyl adjacent to an activating group) is 1. The molecule has 0 aliphatic heterocycles. The lowest BCUT2D eigenvalue weighted by atomic mass is 9.98. The molecule has 0 atom stereocenters. The van der Waals surface area contributed by atoms with Gasteiger partial charge < -0.3 is 5.32 Å². The first-order chi connectivity index (χ1) is 6.83. The Kier molecular flexibility index (Phi) is 5.93. The van der Waals surface area contributed by atoms with Gasteiger partial charge in [-0.1, -0.05) is 44.3 Å². The zero-order valence-electron chi connectivity index (χ0n) is 9.81. The molecule has 1 aliphatic rings. The van der Waals surface area contributed by atoms with Gasteiger partial charge in [0.2, 0.25) is 0 Å². The van der Waals surface area contributed by atoms with Crippen molar-refractivity contribution < 1.29 is 0 Å². The van der Waals surface area contributed by atoms with Gasteiger partial charge in [0.1, 0.15) is 0 Å². The van der Waals surface area contributed by atoms with E-state index < -0.39 is 0 Å². The zero-order valence-corrected chi connectivity index (χ0v) is 9.81. The third-order valence-electron chi connectivity index (χ3n) is 3.07. The summed E-state index contributed by atoms with van der Waals surface area (Å²) in [5, 5.41) is 3.38. The van der Waals surface area contributed by atoms with Gasteiger partial charge in [-0.25, -0.2) is 0 Å². The largest absolute Gasteiger partial charge is 0.313 e. The first-order valence-electron chi connectivity index (χ1n) is 6.21. The topological polar surface area (TPSA) is 12.0 Å². The summed E-state index contributed by atoms with van der Waals surface area (Å²) in [7, 11) is 0. The van der Waals surface area contributed by atoms with Crippen molar-refractivity contribution in [2.24, 2.45) is 5.92 Å². The van der Waals surface area contributed by atoms with Crippen LogP contribution >= 0.6 is 0 Å². The van der Waals surface area contributed by atoms with E-state index in [1.807, 2.05) is 0 Å². The van der Waals surface area contributed by atoms with Crippen molar-refractivity contribution in [3.63, 3.8) is 0 Å². The van der Waals surface area contributed by atoms with Gasteiger partial charge in [0.25, 0.3) is 0 Å². The summed E-state index contributed by atoms with van der Waals surface area (Å²) < 4.78 is 0. The molecular formula is C13H25N. The number of nitrogens with one attached hydrogen (secondary N) is 1. The van der Waals surface area contributed by atoms with Gasteiger partial charge in [0, 0.05) is 6.54 Å². The van der Waals surface area contributed by atoms with Crippen LogP contribution in [0, 0.1) is 5.92 Å². The molecule has 0 radical (unpaired) electrons. The van der Waals surface area contributed by atoms with Crippen LogP contribution in [0.1, 0.15) is 52.4 Å². The van der Waals surface area contributed by atoms with Gasteiger partial charge in [-0.15, -0.1) is 0 Å². The van der Waals surface area contributed by atoms with Crippen LogP contribution in [0.2, 0.25) is 0 Å². The van der Waals surface area contributed by atoms with Crippen molar-refractivity contribution in [2.45, 2.75) is 52.4 Å². The first kappa shape index (κ1) is 11.8. The third-order valence-corrected chi connectivity index (χ3v) is 3.07. The van der Waals surface area contributed by atoms with E-state index in [1.54, 1.807) is 0 Å². The Morgan fingerprint density at radius 3 is 2.43 bits per heavy atom. The minimum Gasteiger partial charge on any atom is -0.313 e. The molecule has 0 spiro atoms. The molecule has 1 aliphatic carbocycles. The van der Waals surface area contributed by atoms with Crippen molar-refractivity contribution in [3.05, 3.63) is 11.6 Å². The van der Waals surface area contributed by atoms with Gasteiger partial charge >= 0.3 is 0 Å². The molecule has 0 unspecified atom stereocenters. The molecule has 0 saturated heterocycles. The van der Waals surface area contributed by atoms with Crippen molar-refractivity contribution >= 4 is 0 Å². The maximum atomic E-state index is 3.38. The SMILES string of the molecule is CCNCC(C)=CC1CCCCCC1. The van der Waals surface area contributed by atoms with Crippen molar-refractivity contribution in [3.8, 4) is 0 Å². The van der Waals surface area contributed by atoms with Crippen LogP contribution in [-0.4, -0.2) is 13.1 Å². The molecule has 0 heterocycles. The Morgan fingerprint density at radius 1 is 1.21 bits per heavy atom. The molecule has 1 fully saturated rings. The summed E-state index contributed by atoms with van der Waals surface area (Å²) in [4.78, 5) is 0. The summed E-state index contributed by atoms with van der Waals surface area (Å²) in [5.74, 6) is 0.871. The van der Waals surface area contributed by atoms with E-state index in [0.717, 1.165) is 19.0 Å². The highest BCUT2D eigenvalue weighted by atomic mass is 14.8. The minimum atomic E-state index is 0.871. The molecule has 0 amide bonds. The van der Waals surface area contributed by atoms with E-state index in [0.29, 0.717) is 0 Å². The number of rotatable bonds is 4. The summed E-state index contributed by atoms with van der Waals surface area (Å²) in [6.45, 7) is 6.58. The van der Waals surface area contributed by atoms with E-state index in [-0.39, 0.29) is 0 Å². The highest BCUT2D eigenvalue weighted by Crippen LogP contribution is 2.24. The van der Waals surface area contributed by atoms with Crippen LogP contribution in [0.5, 0.6) is 0 Å². The Labute approximate surface area is 89.0 Å². The summed E-state index contributed by atoms with van der Waals surface area (Å²) in [5.41, 5.74) is 1.53. The van der Waals surface area contributed by atoms with Gasteiger partial charge in [0.05, 0.1) is 0 Å². The molecule has 1 N–H and O–H groups in total.